The predicted octanol–water partition coefficient (Wildman–Crippen LogP) is 3.12. The fraction of sp³-hybridized carbons (Fsp3) is 0.588. The van der Waals surface area contributed by atoms with E-state index in [1.807, 2.05) is 20.8 Å². The highest BCUT2D eigenvalue weighted by Crippen LogP contribution is 2.21. The largest absolute Gasteiger partial charge is 0.475 e. The molecule has 0 aliphatic carbocycles. The van der Waals surface area contributed by atoms with Gasteiger partial charge in [-0.05, 0) is 46.1 Å². The topological polar surface area (TPSA) is 75.4 Å². The van der Waals surface area contributed by atoms with Crippen molar-refractivity contribution in [2.45, 2.75) is 51.7 Å². The van der Waals surface area contributed by atoms with E-state index in [2.05, 4.69) is 11.1 Å². The van der Waals surface area contributed by atoms with Gasteiger partial charge in [-0.25, -0.2) is 9.78 Å². The van der Waals surface area contributed by atoms with Crippen molar-refractivity contribution in [3.8, 4) is 11.9 Å². The third kappa shape index (κ3) is 5.13. The Morgan fingerprint density at radius 3 is 2.96 bits per heavy atom. The van der Waals surface area contributed by atoms with Crippen LogP contribution < -0.4 is 4.74 Å². The van der Waals surface area contributed by atoms with Gasteiger partial charge in [0.1, 0.15) is 12.2 Å². The van der Waals surface area contributed by atoms with Crippen molar-refractivity contribution >= 4 is 6.09 Å². The third-order valence-electron chi connectivity index (χ3n) is 3.54. The summed E-state index contributed by atoms with van der Waals surface area (Å²) in [5, 5.41) is 8.90. The summed E-state index contributed by atoms with van der Waals surface area (Å²) in [5.74, 6) is 0.402. The fourth-order valence-electron chi connectivity index (χ4n) is 2.47. The molecule has 6 heteroatoms. The van der Waals surface area contributed by atoms with Crippen LogP contribution in [-0.2, 0) is 4.74 Å². The third-order valence-corrected chi connectivity index (χ3v) is 3.54. The molecule has 0 radical (unpaired) electrons. The first-order valence-electron chi connectivity index (χ1n) is 7.87. The molecule has 1 aliphatic rings. The zero-order valence-electron chi connectivity index (χ0n) is 13.9. The summed E-state index contributed by atoms with van der Waals surface area (Å²) >= 11 is 0. The molecule has 0 N–H and O–H groups in total. The quantitative estimate of drug-likeness (QED) is 0.856. The van der Waals surface area contributed by atoms with Crippen molar-refractivity contribution < 1.29 is 14.3 Å². The molecular weight excluding hydrogens is 294 g/mol. The van der Waals surface area contributed by atoms with E-state index in [0.717, 1.165) is 19.3 Å². The maximum Gasteiger partial charge on any atom is 0.410 e. The first-order chi connectivity index (χ1) is 10.9. The number of hydrogen-bond acceptors (Lipinski definition) is 5. The second-order valence-electron chi connectivity index (χ2n) is 6.63. The molecule has 0 bridgehead atoms. The molecule has 2 rings (SSSR count). The maximum absolute atomic E-state index is 12.3. The Hall–Kier alpha value is -2.29. The van der Waals surface area contributed by atoms with E-state index in [4.69, 9.17) is 14.7 Å². The van der Waals surface area contributed by atoms with E-state index >= 15 is 0 Å². The van der Waals surface area contributed by atoms with Crippen LogP contribution in [0.2, 0.25) is 0 Å². The lowest BCUT2D eigenvalue weighted by Crippen LogP contribution is -2.48. The van der Waals surface area contributed by atoms with Gasteiger partial charge in [0.2, 0.25) is 5.88 Å². The van der Waals surface area contributed by atoms with Crippen LogP contribution in [0.5, 0.6) is 5.88 Å². The first kappa shape index (κ1) is 17.1. The molecular formula is C17H23N3O3. The fourth-order valence-corrected chi connectivity index (χ4v) is 2.47. The summed E-state index contributed by atoms with van der Waals surface area (Å²) in [4.78, 5) is 18.2. The van der Waals surface area contributed by atoms with Gasteiger partial charge in [0.15, 0.2) is 0 Å². The monoisotopic (exact) mass is 317 g/mol. The minimum absolute atomic E-state index is 0.0360. The maximum atomic E-state index is 12.3. The standard InChI is InChI=1S/C17H23N3O3/c1-17(2,3)23-16(21)20-9-5-4-6-14(20)12-22-15-10-13(11-18)7-8-19-15/h7-8,10,14H,4-6,9,12H2,1-3H3/t14-/m0/s1. The zero-order chi connectivity index (χ0) is 16.9. The Balaban J connectivity index is 1.98. The van der Waals surface area contributed by atoms with Gasteiger partial charge in [0.25, 0.3) is 0 Å². The van der Waals surface area contributed by atoms with Gasteiger partial charge in [0, 0.05) is 18.8 Å². The molecule has 1 aromatic rings. The molecule has 1 aromatic heterocycles. The van der Waals surface area contributed by atoms with Crippen LogP contribution in [0, 0.1) is 11.3 Å². The van der Waals surface area contributed by atoms with Gasteiger partial charge >= 0.3 is 6.09 Å². The van der Waals surface area contributed by atoms with Crippen LogP contribution in [-0.4, -0.2) is 40.8 Å². The average molecular weight is 317 g/mol. The lowest BCUT2D eigenvalue weighted by Gasteiger charge is -2.36. The van der Waals surface area contributed by atoms with Crippen molar-refractivity contribution in [2.24, 2.45) is 0 Å². The number of nitrogens with zero attached hydrogens (tertiary/aromatic N) is 3. The lowest BCUT2D eigenvalue weighted by atomic mass is 10.0. The van der Waals surface area contributed by atoms with Gasteiger partial charge in [-0.2, -0.15) is 5.26 Å². The number of piperidine rings is 1. The highest BCUT2D eigenvalue weighted by molar-refractivity contribution is 5.68. The van der Waals surface area contributed by atoms with Gasteiger partial charge in [0.05, 0.1) is 17.7 Å². The van der Waals surface area contributed by atoms with Gasteiger partial charge in [-0.15, -0.1) is 0 Å². The number of rotatable bonds is 3. The number of hydrogen-bond donors (Lipinski definition) is 0. The number of carbonyl (C=O) groups excluding carboxylic acids is 1. The Labute approximate surface area is 137 Å². The summed E-state index contributed by atoms with van der Waals surface area (Å²) < 4.78 is 11.2. The van der Waals surface area contributed by atoms with Gasteiger partial charge in [-0.1, -0.05) is 0 Å². The van der Waals surface area contributed by atoms with E-state index in [1.54, 1.807) is 23.2 Å². The number of aromatic nitrogens is 1. The number of amides is 1. The molecule has 1 amide bonds. The number of nitriles is 1. The Kier molecular flexibility index (Phi) is 5.43. The van der Waals surface area contributed by atoms with Crippen LogP contribution in [0.3, 0.4) is 0 Å². The molecule has 1 fully saturated rings. The van der Waals surface area contributed by atoms with Crippen molar-refractivity contribution in [3.05, 3.63) is 23.9 Å². The van der Waals surface area contributed by atoms with Crippen molar-refractivity contribution in [1.29, 1.82) is 5.26 Å². The first-order valence-corrected chi connectivity index (χ1v) is 7.87. The molecule has 6 nitrogen and oxygen atoms in total. The number of carbonyl (C=O) groups is 1. The van der Waals surface area contributed by atoms with Crippen molar-refractivity contribution in [1.82, 2.24) is 9.88 Å². The molecule has 124 valence electrons. The summed E-state index contributed by atoms with van der Waals surface area (Å²) in [6.45, 7) is 6.60. The Bertz CT molecular complexity index is 589. The van der Waals surface area contributed by atoms with Crippen molar-refractivity contribution in [3.63, 3.8) is 0 Å². The molecule has 1 aliphatic heterocycles. The molecule has 0 unspecified atom stereocenters. The Morgan fingerprint density at radius 1 is 1.48 bits per heavy atom. The second kappa shape index (κ2) is 7.32. The van der Waals surface area contributed by atoms with Gasteiger partial charge < -0.3 is 14.4 Å². The predicted molar refractivity (Wildman–Crippen MR) is 85.0 cm³/mol. The summed E-state index contributed by atoms with van der Waals surface area (Å²) in [5.41, 5.74) is -0.00884. The van der Waals surface area contributed by atoms with E-state index in [1.165, 1.54) is 0 Å². The SMILES string of the molecule is CC(C)(C)OC(=O)N1CCCC[C@H]1COc1cc(C#N)ccn1. The van der Waals surface area contributed by atoms with E-state index in [9.17, 15) is 4.79 Å². The Morgan fingerprint density at radius 2 is 2.26 bits per heavy atom. The second-order valence-corrected chi connectivity index (χ2v) is 6.63. The van der Waals surface area contributed by atoms with E-state index in [-0.39, 0.29) is 12.1 Å². The molecule has 0 saturated carbocycles. The molecule has 0 aromatic carbocycles. The highest BCUT2D eigenvalue weighted by Gasteiger charge is 2.30. The van der Waals surface area contributed by atoms with E-state index < -0.39 is 5.60 Å². The molecule has 0 spiro atoms. The summed E-state index contributed by atoms with van der Waals surface area (Å²) in [6, 6.07) is 5.24. The van der Waals surface area contributed by atoms with E-state index in [0.29, 0.717) is 24.6 Å². The molecule has 1 atom stereocenters. The molecule has 23 heavy (non-hydrogen) atoms. The summed E-state index contributed by atoms with van der Waals surface area (Å²) in [7, 11) is 0. The minimum atomic E-state index is -0.511. The van der Waals surface area contributed by atoms with Crippen LogP contribution in [0.15, 0.2) is 18.3 Å². The zero-order valence-corrected chi connectivity index (χ0v) is 13.9. The number of ether oxygens (including phenoxy) is 2. The number of likely N-dealkylation sites (tertiary alicyclic amines) is 1. The molecule has 1 saturated heterocycles. The van der Waals surface area contributed by atoms with Crippen LogP contribution >= 0.6 is 0 Å². The highest BCUT2D eigenvalue weighted by atomic mass is 16.6. The van der Waals surface area contributed by atoms with Gasteiger partial charge in [-0.3, -0.25) is 0 Å². The minimum Gasteiger partial charge on any atom is -0.475 e. The van der Waals surface area contributed by atoms with Crippen LogP contribution in [0.4, 0.5) is 4.79 Å². The normalized spacial score (nSPS) is 18.2. The van der Waals surface area contributed by atoms with Crippen molar-refractivity contribution in [2.75, 3.05) is 13.2 Å². The van der Waals surface area contributed by atoms with Crippen LogP contribution in [0.1, 0.15) is 45.6 Å². The smallest absolute Gasteiger partial charge is 0.410 e. The summed E-state index contributed by atoms with van der Waals surface area (Å²) in [6.07, 6.45) is 4.14. The average Bonchev–Trinajstić information content (AvgIpc) is 2.52. The molecule has 2 heterocycles. The van der Waals surface area contributed by atoms with Crippen LogP contribution in [0.25, 0.3) is 0 Å². The lowest BCUT2D eigenvalue weighted by molar-refractivity contribution is 0.00335. The number of pyridine rings is 1.